The van der Waals surface area contributed by atoms with Crippen molar-refractivity contribution in [3.05, 3.63) is 63.3 Å². The fraction of sp³-hybridized carbons (Fsp3) is 0.300. The van der Waals surface area contributed by atoms with Crippen molar-refractivity contribution >= 4 is 33.2 Å². The molecule has 4 aromatic rings. The number of halogens is 1. The van der Waals surface area contributed by atoms with Crippen molar-refractivity contribution in [2.75, 3.05) is 0 Å². The summed E-state index contributed by atoms with van der Waals surface area (Å²) >= 11 is 1.41. The van der Waals surface area contributed by atoms with Crippen LogP contribution in [0.5, 0.6) is 0 Å². The van der Waals surface area contributed by atoms with Crippen molar-refractivity contribution in [3.63, 3.8) is 0 Å². The number of carbonyl (C=O) groups excluding carboxylic acids is 1. The summed E-state index contributed by atoms with van der Waals surface area (Å²) in [4.78, 5) is 24.7. The van der Waals surface area contributed by atoms with Crippen molar-refractivity contribution in [2.24, 2.45) is 0 Å². The molecule has 0 radical (unpaired) electrons. The molecule has 3 heterocycles. The fourth-order valence-corrected chi connectivity index (χ4v) is 4.15. The molecule has 0 fully saturated rings. The number of fused-ring (bicyclic) bond motifs is 3. The number of aryl methyl sites for hydroxylation is 2. The highest BCUT2D eigenvalue weighted by atomic mass is 32.1. The number of carbonyl (C=O) groups is 1. The fourth-order valence-electron chi connectivity index (χ4n) is 3.33. The Morgan fingerprint density at radius 3 is 2.76 bits per heavy atom. The van der Waals surface area contributed by atoms with Gasteiger partial charge in [-0.2, -0.15) is 0 Å². The summed E-state index contributed by atoms with van der Waals surface area (Å²) in [6.07, 6.45) is 1.52. The van der Waals surface area contributed by atoms with Crippen LogP contribution >= 0.6 is 11.3 Å². The van der Waals surface area contributed by atoms with Crippen LogP contribution in [-0.2, 0) is 24.3 Å². The molecule has 0 saturated heterocycles. The second kappa shape index (κ2) is 8.12. The lowest BCUT2D eigenvalue weighted by atomic mass is 10.2. The number of hydrogen-bond acceptors (Lipinski definition) is 5. The Balaban J connectivity index is 1.43. The van der Waals surface area contributed by atoms with E-state index < -0.39 is 0 Å². The molecule has 150 valence electrons. The SMILES string of the molecule is CCn1c(=O)c2sccc2n2c(CCCC(=O)NCc3ccc(F)cc3)nnc12. The maximum absolute atomic E-state index is 12.9. The third-order valence-electron chi connectivity index (χ3n) is 4.80. The van der Waals surface area contributed by atoms with Crippen LogP contribution in [0.25, 0.3) is 16.0 Å². The first kappa shape index (κ1) is 19.3. The molecule has 3 aromatic heterocycles. The van der Waals surface area contributed by atoms with Crippen LogP contribution in [0, 0.1) is 5.82 Å². The predicted octanol–water partition coefficient (Wildman–Crippen LogP) is 2.90. The van der Waals surface area contributed by atoms with Crippen LogP contribution in [0.2, 0.25) is 0 Å². The zero-order valence-electron chi connectivity index (χ0n) is 15.9. The smallest absolute Gasteiger partial charge is 0.272 e. The van der Waals surface area contributed by atoms with Gasteiger partial charge in [-0.15, -0.1) is 21.5 Å². The zero-order valence-corrected chi connectivity index (χ0v) is 16.7. The van der Waals surface area contributed by atoms with Gasteiger partial charge in [0.2, 0.25) is 11.7 Å². The van der Waals surface area contributed by atoms with Crippen LogP contribution < -0.4 is 10.9 Å². The van der Waals surface area contributed by atoms with Gasteiger partial charge in [0.25, 0.3) is 5.56 Å². The molecule has 0 unspecified atom stereocenters. The van der Waals surface area contributed by atoms with Gasteiger partial charge in [0.1, 0.15) is 16.3 Å². The Morgan fingerprint density at radius 1 is 1.21 bits per heavy atom. The summed E-state index contributed by atoms with van der Waals surface area (Å²) in [6, 6.07) is 7.95. The molecule has 4 rings (SSSR count). The second-order valence-electron chi connectivity index (χ2n) is 6.69. The van der Waals surface area contributed by atoms with Gasteiger partial charge >= 0.3 is 0 Å². The van der Waals surface area contributed by atoms with Crippen molar-refractivity contribution in [3.8, 4) is 0 Å². The topological polar surface area (TPSA) is 81.3 Å². The van der Waals surface area contributed by atoms with E-state index in [4.69, 9.17) is 0 Å². The van der Waals surface area contributed by atoms with Gasteiger partial charge in [0.05, 0.1) is 5.52 Å². The van der Waals surface area contributed by atoms with E-state index in [1.807, 2.05) is 22.8 Å². The van der Waals surface area contributed by atoms with Gasteiger partial charge in [0.15, 0.2) is 0 Å². The highest BCUT2D eigenvalue weighted by Crippen LogP contribution is 2.20. The summed E-state index contributed by atoms with van der Waals surface area (Å²) in [5.74, 6) is 0.888. The van der Waals surface area contributed by atoms with Gasteiger partial charge in [0, 0.05) is 25.9 Å². The van der Waals surface area contributed by atoms with Crippen LogP contribution in [0.4, 0.5) is 4.39 Å². The van der Waals surface area contributed by atoms with Crippen molar-refractivity contribution < 1.29 is 9.18 Å². The van der Waals surface area contributed by atoms with Gasteiger partial charge in [-0.1, -0.05) is 12.1 Å². The summed E-state index contributed by atoms with van der Waals surface area (Å²) in [6.45, 7) is 2.78. The van der Waals surface area contributed by atoms with Crippen LogP contribution in [0.15, 0.2) is 40.5 Å². The molecule has 9 heteroatoms. The van der Waals surface area contributed by atoms with Gasteiger partial charge in [-0.3, -0.25) is 18.6 Å². The zero-order chi connectivity index (χ0) is 20.4. The molecule has 0 aliphatic carbocycles. The van der Waals surface area contributed by atoms with Gasteiger partial charge in [-0.05, 0) is 42.5 Å². The Labute approximate surface area is 169 Å². The van der Waals surface area contributed by atoms with Crippen molar-refractivity contribution in [2.45, 2.75) is 39.3 Å². The Hall–Kier alpha value is -3.07. The second-order valence-corrected chi connectivity index (χ2v) is 7.61. The lowest BCUT2D eigenvalue weighted by Gasteiger charge is -2.07. The molecule has 0 bridgehead atoms. The number of nitrogens with zero attached hydrogens (tertiary/aromatic N) is 4. The lowest BCUT2D eigenvalue weighted by molar-refractivity contribution is -0.121. The molecule has 1 aromatic carbocycles. The number of rotatable bonds is 7. The molecule has 1 N–H and O–H groups in total. The lowest BCUT2D eigenvalue weighted by Crippen LogP contribution is -2.23. The minimum absolute atomic E-state index is 0.0517. The molecule has 0 atom stereocenters. The van der Waals surface area contributed by atoms with E-state index in [0.29, 0.717) is 42.8 Å². The first-order chi connectivity index (χ1) is 14.1. The van der Waals surface area contributed by atoms with Crippen molar-refractivity contribution in [1.82, 2.24) is 24.5 Å². The minimum atomic E-state index is -0.297. The minimum Gasteiger partial charge on any atom is -0.352 e. The average molecular weight is 413 g/mol. The predicted molar refractivity (Wildman–Crippen MR) is 109 cm³/mol. The molecule has 0 aliphatic heterocycles. The molecule has 29 heavy (non-hydrogen) atoms. The normalized spacial score (nSPS) is 11.4. The molecule has 1 amide bonds. The third-order valence-corrected chi connectivity index (χ3v) is 5.69. The van der Waals surface area contributed by atoms with Crippen LogP contribution in [0.3, 0.4) is 0 Å². The molecule has 7 nitrogen and oxygen atoms in total. The first-order valence-corrected chi connectivity index (χ1v) is 10.3. The van der Waals surface area contributed by atoms with E-state index in [0.717, 1.165) is 16.9 Å². The van der Waals surface area contributed by atoms with E-state index in [-0.39, 0.29) is 17.3 Å². The largest absolute Gasteiger partial charge is 0.352 e. The van der Waals surface area contributed by atoms with Crippen molar-refractivity contribution in [1.29, 1.82) is 0 Å². The van der Waals surface area contributed by atoms with Gasteiger partial charge in [-0.25, -0.2) is 4.39 Å². The number of hydrogen-bond donors (Lipinski definition) is 1. The number of thiophene rings is 1. The summed E-state index contributed by atoms with van der Waals surface area (Å²) in [5.41, 5.74) is 1.60. The van der Waals surface area contributed by atoms with E-state index >= 15 is 0 Å². The molecular formula is C20H20FN5O2S. The van der Waals surface area contributed by atoms with E-state index in [9.17, 15) is 14.0 Å². The Bertz CT molecular complexity index is 1230. The average Bonchev–Trinajstić information content (AvgIpc) is 3.35. The monoisotopic (exact) mass is 413 g/mol. The van der Waals surface area contributed by atoms with Crippen LogP contribution in [0.1, 0.15) is 31.2 Å². The molecular weight excluding hydrogens is 393 g/mol. The highest BCUT2D eigenvalue weighted by molar-refractivity contribution is 7.17. The maximum Gasteiger partial charge on any atom is 0.272 e. The third kappa shape index (κ3) is 3.77. The first-order valence-electron chi connectivity index (χ1n) is 9.43. The molecule has 0 saturated carbocycles. The number of benzene rings is 1. The quantitative estimate of drug-likeness (QED) is 0.505. The standard InChI is InChI=1S/C20H20FN5O2S/c1-2-25-19(28)18-15(10-11-29-18)26-16(23-24-20(25)26)4-3-5-17(27)22-12-13-6-8-14(21)9-7-13/h6-11H,2-5,12H2,1H3,(H,22,27). The van der Waals surface area contributed by atoms with Crippen LogP contribution in [-0.4, -0.2) is 25.1 Å². The number of nitrogens with one attached hydrogen (secondary N) is 1. The maximum atomic E-state index is 12.9. The molecule has 0 spiro atoms. The van der Waals surface area contributed by atoms with E-state index in [1.165, 1.54) is 23.5 Å². The van der Waals surface area contributed by atoms with E-state index in [2.05, 4.69) is 15.5 Å². The number of aromatic nitrogens is 4. The number of amides is 1. The Kier molecular flexibility index (Phi) is 5.39. The summed E-state index contributed by atoms with van der Waals surface area (Å²) in [7, 11) is 0. The van der Waals surface area contributed by atoms with Gasteiger partial charge < -0.3 is 5.32 Å². The molecule has 0 aliphatic rings. The summed E-state index contributed by atoms with van der Waals surface area (Å²) < 4.78 is 17.1. The summed E-state index contributed by atoms with van der Waals surface area (Å²) in [5, 5.41) is 13.2. The Morgan fingerprint density at radius 2 is 2.00 bits per heavy atom. The highest BCUT2D eigenvalue weighted by Gasteiger charge is 2.16. The van der Waals surface area contributed by atoms with E-state index in [1.54, 1.807) is 16.7 Å².